The Balaban J connectivity index is 3.37. The molecule has 0 spiro atoms. The van der Waals surface area contributed by atoms with Gasteiger partial charge >= 0.3 is 5.97 Å². The highest BCUT2D eigenvalue weighted by Crippen LogP contribution is 2.39. The maximum absolute atomic E-state index is 11.1. The van der Waals surface area contributed by atoms with E-state index in [9.17, 15) is 20.1 Å². The molecule has 16 heavy (non-hydrogen) atoms. The molecule has 0 fully saturated rings. The Morgan fingerprint density at radius 2 is 2.06 bits per heavy atom. The summed E-state index contributed by atoms with van der Waals surface area (Å²) < 4.78 is 4.33. The van der Waals surface area contributed by atoms with Gasteiger partial charge in [-0.25, -0.2) is 4.79 Å². The van der Waals surface area contributed by atoms with E-state index < -0.39 is 23.6 Å². The SMILES string of the molecule is COC(=O)C(O)c1c(C)c(Cl)cc(O)c1O. The van der Waals surface area contributed by atoms with Crippen LogP contribution in [0.2, 0.25) is 5.02 Å². The van der Waals surface area contributed by atoms with E-state index in [1.807, 2.05) is 0 Å². The molecule has 0 saturated heterocycles. The van der Waals surface area contributed by atoms with E-state index in [1.54, 1.807) is 0 Å². The minimum Gasteiger partial charge on any atom is -0.504 e. The van der Waals surface area contributed by atoms with Crippen LogP contribution in [0.4, 0.5) is 0 Å². The minimum atomic E-state index is -1.69. The van der Waals surface area contributed by atoms with Crippen molar-refractivity contribution >= 4 is 17.6 Å². The van der Waals surface area contributed by atoms with Crippen LogP contribution < -0.4 is 0 Å². The first-order valence-corrected chi connectivity index (χ1v) is 4.74. The molecule has 0 aliphatic rings. The van der Waals surface area contributed by atoms with Crippen molar-refractivity contribution in [2.45, 2.75) is 13.0 Å². The standard InChI is InChI=1S/C10H11ClO5/c1-4-5(11)3-6(12)8(13)7(4)9(14)10(15)16-2/h3,9,12-14H,1-2H3. The van der Waals surface area contributed by atoms with Gasteiger partial charge in [0.1, 0.15) is 0 Å². The molecule has 0 bridgehead atoms. The van der Waals surface area contributed by atoms with Crippen LogP contribution >= 0.6 is 11.6 Å². The van der Waals surface area contributed by atoms with Gasteiger partial charge in [-0.15, -0.1) is 0 Å². The summed E-state index contributed by atoms with van der Waals surface area (Å²) in [5.41, 5.74) is 0.145. The molecule has 1 aromatic carbocycles. The van der Waals surface area contributed by atoms with Crippen molar-refractivity contribution in [2.24, 2.45) is 0 Å². The van der Waals surface area contributed by atoms with Crippen LogP contribution in [0.5, 0.6) is 11.5 Å². The molecule has 1 atom stereocenters. The number of rotatable bonds is 2. The predicted octanol–water partition coefficient (Wildman–Crippen LogP) is 1.27. The second kappa shape index (κ2) is 4.59. The number of hydrogen-bond acceptors (Lipinski definition) is 5. The fraction of sp³-hybridized carbons (Fsp3) is 0.300. The first-order chi connectivity index (χ1) is 7.40. The summed E-state index contributed by atoms with van der Waals surface area (Å²) >= 11 is 5.75. The number of esters is 1. The monoisotopic (exact) mass is 246 g/mol. The van der Waals surface area contributed by atoms with Crippen LogP contribution in [-0.4, -0.2) is 28.4 Å². The molecule has 0 saturated carbocycles. The number of halogens is 1. The number of phenolic OH excluding ortho intramolecular Hbond substituents is 2. The molecular weight excluding hydrogens is 236 g/mol. The zero-order valence-electron chi connectivity index (χ0n) is 8.69. The Hall–Kier alpha value is -1.46. The normalized spacial score (nSPS) is 12.2. The molecule has 5 nitrogen and oxygen atoms in total. The molecule has 1 unspecified atom stereocenters. The fourth-order valence-corrected chi connectivity index (χ4v) is 1.51. The predicted molar refractivity (Wildman–Crippen MR) is 56.5 cm³/mol. The van der Waals surface area contributed by atoms with Gasteiger partial charge in [0.2, 0.25) is 0 Å². The third-order valence-corrected chi connectivity index (χ3v) is 2.61. The lowest BCUT2D eigenvalue weighted by atomic mass is 10.0. The van der Waals surface area contributed by atoms with E-state index in [4.69, 9.17) is 11.6 Å². The molecule has 1 aromatic rings. The summed E-state index contributed by atoms with van der Waals surface area (Å²) in [6, 6.07) is 1.12. The zero-order chi connectivity index (χ0) is 12.5. The number of carbonyl (C=O) groups is 1. The van der Waals surface area contributed by atoms with Crippen LogP contribution in [-0.2, 0) is 9.53 Å². The lowest BCUT2D eigenvalue weighted by Crippen LogP contribution is -2.15. The molecule has 0 aliphatic heterocycles. The van der Waals surface area contributed by atoms with Gasteiger partial charge < -0.3 is 20.1 Å². The maximum atomic E-state index is 11.1. The number of methoxy groups -OCH3 is 1. The zero-order valence-corrected chi connectivity index (χ0v) is 9.45. The summed E-state index contributed by atoms with van der Waals surface area (Å²) in [6.07, 6.45) is -1.69. The summed E-state index contributed by atoms with van der Waals surface area (Å²) in [7, 11) is 1.10. The first-order valence-electron chi connectivity index (χ1n) is 4.37. The average molecular weight is 247 g/mol. The second-order valence-corrected chi connectivity index (χ2v) is 3.60. The Bertz CT molecular complexity index is 403. The molecule has 0 amide bonds. The van der Waals surface area contributed by atoms with Crippen molar-refractivity contribution in [2.75, 3.05) is 7.11 Å². The molecular formula is C10H11ClO5. The Labute approximate surface area is 96.9 Å². The number of ether oxygens (including phenoxy) is 1. The topological polar surface area (TPSA) is 87.0 Å². The van der Waals surface area contributed by atoms with Crippen molar-refractivity contribution in [3.05, 3.63) is 22.2 Å². The van der Waals surface area contributed by atoms with E-state index >= 15 is 0 Å². The van der Waals surface area contributed by atoms with Gasteiger partial charge in [0, 0.05) is 16.7 Å². The van der Waals surface area contributed by atoms with Gasteiger partial charge in [0.15, 0.2) is 17.6 Å². The van der Waals surface area contributed by atoms with Crippen LogP contribution in [0.1, 0.15) is 17.2 Å². The van der Waals surface area contributed by atoms with E-state index in [1.165, 1.54) is 6.92 Å². The Kier molecular flexibility index (Phi) is 3.62. The molecule has 6 heteroatoms. The summed E-state index contributed by atoms with van der Waals surface area (Å²) in [6.45, 7) is 1.50. The number of aromatic hydroxyl groups is 2. The number of aliphatic hydroxyl groups excluding tert-OH is 1. The lowest BCUT2D eigenvalue weighted by molar-refractivity contribution is -0.150. The van der Waals surface area contributed by atoms with Crippen molar-refractivity contribution < 1.29 is 24.9 Å². The summed E-state index contributed by atoms with van der Waals surface area (Å²) in [4.78, 5) is 11.1. The van der Waals surface area contributed by atoms with Crippen LogP contribution in [0.15, 0.2) is 6.07 Å². The second-order valence-electron chi connectivity index (χ2n) is 3.19. The summed E-state index contributed by atoms with van der Waals surface area (Å²) in [5, 5.41) is 28.6. The number of phenols is 2. The molecule has 3 N–H and O–H groups in total. The molecule has 0 aliphatic carbocycles. The maximum Gasteiger partial charge on any atom is 0.339 e. The van der Waals surface area contributed by atoms with Gasteiger partial charge in [0.25, 0.3) is 0 Å². The van der Waals surface area contributed by atoms with E-state index in [0.717, 1.165) is 13.2 Å². The van der Waals surface area contributed by atoms with Gasteiger partial charge in [-0.05, 0) is 12.5 Å². The van der Waals surface area contributed by atoms with Gasteiger partial charge in [-0.2, -0.15) is 0 Å². The third-order valence-electron chi connectivity index (χ3n) is 2.22. The highest BCUT2D eigenvalue weighted by molar-refractivity contribution is 6.31. The number of carbonyl (C=O) groups excluding carboxylic acids is 1. The third kappa shape index (κ3) is 2.05. The van der Waals surface area contributed by atoms with Crippen LogP contribution in [0, 0.1) is 6.92 Å². The van der Waals surface area contributed by atoms with Crippen molar-refractivity contribution in [1.82, 2.24) is 0 Å². The molecule has 0 radical (unpaired) electrons. The smallest absolute Gasteiger partial charge is 0.339 e. The average Bonchev–Trinajstić information content (AvgIpc) is 2.25. The number of benzene rings is 1. The highest BCUT2D eigenvalue weighted by atomic mass is 35.5. The fourth-order valence-electron chi connectivity index (χ4n) is 1.30. The van der Waals surface area contributed by atoms with E-state index in [2.05, 4.69) is 4.74 Å². The minimum absolute atomic E-state index is 0.133. The van der Waals surface area contributed by atoms with E-state index in [-0.39, 0.29) is 10.6 Å². The number of hydrogen-bond donors (Lipinski definition) is 3. The molecule has 88 valence electrons. The van der Waals surface area contributed by atoms with Crippen LogP contribution in [0.3, 0.4) is 0 Å². The van der Waals surface area contributed by atoms with Crippen molar-refractivity contribution in [1.29, 1.82) is 0 Å². The number of aliphatic hydroxyl groups is 1. The van der Waals surface area contributed by atoms with Gasteiger partial charge in [-0.3, -0.25) is 0 Å². The van der Waals surface area contributed by atoms with E-state index in [0.29, 0.717) is 5.56 Å². The van der Waals surface area contributed by atoms with Crippen molar-refractivity contribution in [3.8, 4) is 11.5 Å². The highest BCUT2D eigenvalue weighted by Gasteiger charge is 2.26. The van der Waals surface area contributed by atoms with Crippen molar-refractivity contribution in [3.63, 3.8) is 0 Å². The van der Waals surface area contributed by atoms with Gasteiger partial charge in [-0.1, -0.05) is 11.6 Å². The Morgan fingerprint density at radius 3 is 2.56 bits per heavy atom. The lowest BCUT2D eigenvalue weighted by Gasteiger charge is -2.15. The molecule has 1 rings (SSSR count). The first kappa shape index (κ1) is 12.6. The largest absolute Gasteiger partial charge is 0.504 e. The quantitative estimate of drug-likeness (QED) is 0.540. The molecule has 0 heterocycles. The summed E-state index contributed by atoms with van der Waals surface area (Å²) in [5.74, 6) is -2.03. The van der Waals surface area contributed by atoms with Gasteiger partial charge in [0.05, 0.1) is 7.11 Å². The molecule has 0 aromatic heterocycles. The Morgan fingerprint density at radius 1 is 1.50 bits per heavy atom. The van der Waals surface area contributed by atoms with Crippen LogP contribution in [0.25, 0.3) is 0 Å².